The van der Waals surface area contributed by atoms with Crippen LogP contribution in [0.4, 0.5) is 5.69 Å². The summed E-state index contributed by atoms with van der Waals surface area (Å²) in [5.74, 6) is 0. The summed E-state index contributed by atoms with van der Waals surface area (Å²) in [6.45, 7) is 6.45. The van der Waals surface area contributed by atoms with E-state index in [4.69, 9.17) is 0 Å². The van der Waals surface area contributed by atoms with Gasteiger partial charge in [-0.05, 0) is 31.2 Å². The number of nitrogens with one attached hydrogen (secondary N) is 1. The third-order valence-electron chi connectivity index (χ3n) is 3.57. The van der Waals surface area contributed by atoms with Crippen molar-refractivity contribution in [3.8, 4) is 0 Å². The van der Waals surface area contributed by atoms with Gasteiger partial charge >= 0.3 is 0 Å². The second-order valence-corrected chi connectivity index (χ2v) is 6.24. The predicted molar refractivity (Wildman–Crippen MR) is 94.1 cm³/mol. The minimum absolute atomic E-state index is 0. The van der Waals surface area contributed by atoms with Crippen LogP contribution in [0.3, 0.4) is 0 Å². The molecule has 21 heavy (non-hydrogen) atoms. The van der Waals surface area contributed by atoms with E-state index in [1.165, 1.54) is 21.0 Å². The highest BCUT2D eigenvalue weighted by molar-refractivity contribution is 7.99. The number of halogens is 1. The zero-order valence-corrected chi connectivity index (χ0v) is 13.8. The molecule has 3 rings (SSSR count). The lowest BCUT2D eigenvalue weighted by Gasteiger charge is -2.31. The second-order valence-electron chi connectivity index (χ2n) is 5.12. The lowest BCUT2D eigenvalue weighted by molar-refractivity contribution is 0.587. The second kappa shape index (κ2) is 7.74. The van der Waals surface area contributed by atoms with Gasteiger partial charge in [0.25, 0.3) is 0 Å². The molecule has 2 aromatic rings. The molecule has 2 nitrogen and oxygen atoms in total. The molecule has 1 aliphatic rings. The lowest BCUT2D eigenvalue weighted by Crippen LogP contribution is -2.43. The molecule has 112 valence electrons. The lowest BCUT2D eigenvalue weighted by atomic mass is 10.2. The zero-order valence-electron chi connectivity index (χ0n) is 12.2. The highest BCUT2D eigenvalue weighted by Crippen LogP contribution is 2.35. The monoisotopic (exact) mass is 320 g/mol. The van der Waals surface area contributed by atoms with Crippen LogP contribution in [0.25, 0.3) is 0 Å². The number of aryl methyl sites for hydroxylation is 1. The zero-order chi connectivity index (χ0) is 13.8. The molecular weight excluding hydrogens is 300 g/mol. The SMILES string of the molecule is Cc1ccc(Sc2ccccc2N2CCNCC2)cc1.Cl. The summed E-state index contributed by atoms with van der Waals surface area (Å²) in [7, 11) is 0. The third kappa shape index (κ3) is 4.16. The smallest absolute Gasteiger partial charge is 0.0508 e. The van der Waals surface area contributed by atoms with Crippen molar-refractivity contribution in [3.05, 3.63) is 54.1 Å². The van der Waals surface area contributed by atoms with Gasteiger partial charge in [-0.1, -0.05) is 41.6 Å². The van der Waals surface area contributed by atoms with E-state index in [0.29, 0.717) is 0 Å². The third-order valence-corrected chi connectivity index (χ3v) is 4.64. The summed E-state index contributed by atoms with van der Waals surface area (Å²) >= 11 is 1.85. The van der Waals surface area contributed by atoms with Crippen molar-refractivity contribution in [2.24, 2.45) is 0 Å². The average molecular weight is 321 g/mol. The predicted octanol–water partition coefficient (Wildman–Crippen LogP) is 3.98. The number of piperazine rings is 1. The maximum absolute atomic E-state index is 3.41. The van der Waals surface area contributed by atoms with Gasteiger partial charge in [-0.25, -0.2) is 0 Å². The van der Waals surface area contributed by atoms with Gasteiger partial charge in [-0.15, -0.1) is 12.4 Å². The fourth-order valence-corrected chi connectivity index (χ4v) is 3.42. The van der Waals surface area contributed by atoms with Gasteiger partial charge in [0.05, 0.1) is 5.69 Å². The number of nitrogens with zero attached hydrogens (tertiary/aromatic N) is 1. The van der Waals surface area contributed by atoms with Gasteiger partial charge in [0.15, 0.2) is 0 Å². The van der Waals surface area contributed by atoms with Gasteiger partial charge in [0.1, 0.15) is 0 Å². The molecule has 1 aliphatic heterocycles. The maximum atomic E-state index is 3.41. The Balaban J connectivity index is 0.00000161. The first kappa shape index (κ1) is 16.2. The molecule has 0 saturated carbocycles. The van der Waals surface area contributed by atoms with Crippen LogP contribution in [0.1, 0.15) is 5.56 Å². The molecule has 1 fully saturated rings. The van der Waals surface area contributed by atoms with Gasteiger partial charge in [-0.3, -0.25) is 0 Å². The van der Waals surface area contributed by atoms with Crippen LogP contribution in [-0.4, -0.2) is 26.2 Å². The molecule has 0 aliphatic carbocycles. The first-order valence-electron chi connectivity index (χ1n) is 7.12. The normalized spacial score (nSPS) is 14.6. The molecule has 0 unspecified atom stereocenters. The Morgan fingerprint density at radius 2 is 1.62 bits per heavy atom. The van der Waals surface area contributed by atoms with Crippen LogP contribution < -0.4 is 10.2 Å². The van der Waals surface area contributed by atoms with Crippen LogP contribution in [0, 0.1) is 6.92 Å². The van der Waals surface area contributed by atoms with E-state index in [2.05, 4.69) is 65.7 Å². The van der Waals surface area contributed by atoms with Crippen molar-refractivity contribution in [2.45, 2.75) is 16.7 Å². The highest BCUT2D eigenvalue weighted by Gasteiger charge is 2.14. The Bertz CT molecular complexity index is 565. The van der Waals surface area contributed by atoms with Crippen molar-refractivity contribution < 1.29 is 0 Å². The largest absolute Gasteiger partial charge is 0.368 e. The molecule has 2 aromatic carbocycles. The Hall–Kier alpha value is -1.16. The van der Waals surface area contributed by atoms with Crippen molar-refractivity contribution in [2.75, 3.05) is 31.1 Å². The molecular formula is C17H21ClN2S. The Morgan fingerprint density at radius 3 is 2.33 bits per heavy atom. The van der Waals surface area contributed by atoms with Gasteiger partial charge < -0.3 is 10.2 Å². The van der Waals surface area contributed by atoms with Crippen LogP contribution in [0.15, 0.2) is 58.3 Å². The van der Waals surface area contributed by atoms with Gasteiger partial charge in [-0.2, -0.15) is 0 Å². The molecule has 1 heterocycles. The van der Waals surface area contributed by atoms with E-state index in [1.54, 1.807) is 0 Å². The summed E-state index contributed by atoms with van der Waals surface area (Å²) in [6.07, 6.45) is 0. The highest BCUT2D eigenvalue weighted by atomic mass is 35.5. The first-order valence-corrected chi connectivity index (χ1v) is 7.94. The van der Waals surface area contributed by atoms with E-state index >= 15 is 0 Å². The van der Waals surface area contributed by atoms with Crippen molar-refractivity contribution in [3.63, 3.8) is 0 Å². The van der Waals surface area contributed by atoms with Crippen molar-refractivity contribution in [1.82, 2.24) is 5.32 Å². The summed E-state index contributed by atoms with van der Waals surface area (Å²) in [5.41, 5.74) is 2.67. The number of benzene rings is 2. The Morgan fingerprint density at radius 1 is 0.952 bits per heavy atom. The van der Waals surface area contributed by atoms with E-state index in [1.807, 2.05) is 11.8 Å². The van der Waals surface area contributed by atoms with Crippen LogP contribution in [-0.2, 0) is 0 Å². The molecule has 0 amide bonds. The molecule has 0 radical (unpaired) electrons. The molecule has 4 heteroatoms. The van der Waals surface area contributed by atoms with E-state index in [0.717, 1.165) is 26.2 Å². The number of para-hydroxylation sites is 1. The van der Waals surface area contributed by atoms with Gasteiger partial charge in [0, 0.05) is 36.0 Å². The van der Waals surface area contributed by atoms with Crippen molar-refractivity contribution >= 4 is 29.9 Å². The van der Waals surface area contributed by atoms with E-state index in [-0.39, 0.29) is 12.4 Å². The number of anilines is 1. The molecule has 0 spiro atoms. The van der Waals surface area contributed by atoms with E-state index < -0.39 is 0 Å². The molecule has 0 atom stereocenters. The first-order chi connectivity index (χ1) is 9.83. The van der Waals surface area contributed by atoms with Crippen LogP contribution in [0.2, 0.25) is 0 Å². The number of hydrogen-bond acceptors (Lipinski definition) is 3. The topological polar surface area (TPSA) is 15.3 Å². The summed E-state index contributed by atoms with van der Waals surface area (Å²) in [5, 5.41) is 3.41. The summed E-state index contributed by atoms with van der Waals surface area (Å²) < 4.78 is 0. The van der Waals surface area contributed by atoms with Crippen LogP contribution >= 0.6 is 24.2 Å². The molecule has 1 N–H and O–H groups in total. The number of hydrogen-bond donors (Lipinski definition) is 1. The van der Waals surface area contributed by atoms with E-state index in [9.17, 15) is 0 Å². The fraction of sp³-hybridized carbons (Fsp3) is 0.294. The quantitative estimate of drug-likeness (QED) is 0.921. The standard InChI is InChI=1S/C17H20N2S.ClH/c1-14-6-8-15(9-7-14)20-17-5-3-2-4-16(17)19-12-10-18-11-13-19;/h2-9,18H,10-13H2,1H3;1H. The van der Waals surface area contributed by atoms with Crippen molar-refractivity contribution in [1.29, 1.82) is 0 Å². The Labute approximate surface area is 137 Å². The summed E-state index contributed by atoms with van der Waals surface area (Å²) in [4.78, 5) is 5.13. The summed E-state index contributed by atoms with van der Waals surface area (Å²) in [6, 6.07) is 17.5. The van der Waals surface area contributed by atoms with Crippen LogP contribution in [0.5, 0.6) is 0 Å². The van der Waals surface area contributed by atoms with Gasteiger partial charge in [0.2, 0.25) is 0 Å². The maximum Gasteiger partial charge on any atom is 0.0508 e. The number of rotatable bonds is 3. The fourth-order valence-electron chi connectivity index (χ4n) is 2.44. The molecule has 0 bridgehead atoms. The molecule has 0 aromatic heterocycles. The Kier molecular flexibility index (Phi) is 5.97. The minimum atomic E-state index is 0. The average Bonchev–Trinajstić information content (AvgIpc) is 2.51. The molecule has 1 saturated heterocycles. The minimum Gasteiger partial charge on any atom is -0.368 e.